The number of carbonyl (C=O) groups is 1. The number of aliphatic hydroxyl groups excluding tert-OH is 1. The SMILES string of the molecule is CC(=O)N1CC2(C1)[C@@H](c1ccc(-c3cccc(F)c3)cc1)[C@@H](CO)N2CC1CC1. The number of nitrogens with zero attached hydrogens (tertiary/aromatic N) is 2. The van der Waals surface area contributed by atoms with Crippen molar-refractivity contribution < 1.29 is 14.3 Å². The molecule has 2 aromatic carbocycles. The number of carbonyl (C=O) groups excluding carboxylic acids is 1. The van der Waals surface area contributed by atoms with Gasteiger partial charge in [0.2, 0.25) is 5.91 Å². The Labute approximate surface area is 170 Å². The van der Waals surface area contributed by atoms with Crippen molar-refractivity contribution in [2.45, 2.75) is 37.3 Å². The third-order valence-electron chi connectivity index (χ3n) is 7.08. The Hall–Kier alpha value is -2.24. The van der Waals surface area contributed by atoms with E-state index in [9.17, 15) is 14.3 Å². The van der Waals surface area contributed by atoms with Crippen molar-refractivity contribution in [2.75, 3.05) is 26.2 Å². The standard InChI is InChI=1S/C24H27FN2O2/c1-16(29)26-14-24(15-26)23(22(13-28)27(24)12-17-5-6-17)19-9-7-18(8-10-19)20-3-2-4-21(25)11-20/h2-4,7-11,17,22-23,28H,5-6,12-15H2,1H3/t22-,23+/m1/s1. The van der Waals surface area contributed by atoms with Crippen molar-refractivity contribution >= 4 is 5.91 Å². The molecule has 29 heavy (non-hydrogen) atoms. The minimum Gasteiger partial charge on any atom is -0.395 e. The lowest BCUT2D eigenvalue weighted by atomic mass is 9.60. The summed E-state index contributed by atoms with van der Waals surface area (Å²) >= 11 is 0. The minimum atomic E-state index is -0.237. The predicted octanol–water partition coefficient (Wildman–Crippen LogP) is 3.26. The second kappa shape index (κ2) is 6.92. The highest BCUT2D eigenvalue weighted by Crippen LogP contribution is 2.55. The minimum absolute atomic E-state index is 0.0535. The van der Waals surface area contributed by atoms with E-state index in [4.69, 9.17) is 0 Å². The summed E-state index contributed by atoms with van der Waals surface area (Å²) in [4.78, 5) is 16.2. The molecule has 0 radical (unpaired) electrons. The molecule has 3 fully saturated rings. The van der Waals surface area contributed by atoms with E-state index in [2.05, 4.69) is 17.0 Å². The predicted molar refractivity (Wildman–Crippen MR) is 110 cm³/mol. The van der Waals surface area contributed by atoms with Crippen LogP contribution in [-0.2, 0) is 4.79 Å². The van der Waals surface area contributed by atoms with Gasteiger partial charge in [-0.3, -0.25) is 9.69 Å². The van der Waals surface area contributed by atoms with E-state index in [0.717, 1.165) is 36.7 Å². The monoisotopic (exact) mass is 394 g/mol. The van der Waals surface area contributed by atoms with Crippen molar-refractivity contribution in [3.05, 3.63) is 59.9 Å². The maximum Gasteiger partial charge on any atom is 0.219 e. The van der Waals surface area contributed by atoms with E-state index in [1.54, 1.807) is 19.1 Å². The Morgan fingerprint density at radius 3 is 2.45 bits per heavy atom. The molecule has 3 aliphatic rings. The molecule has 2 aliphatic heterocycles. The van der Waals surface area contributed by atoms with Gasteiger partial charge in [0.1, 0.15) is 5.82 Å². The summed E-state index contributed by atoms with van der Waals surface area (Å²) in [6.07, 6.45) is 2.54. The third kappa shape index (κ3) is 3.08. The zero-order valence-corrected chi connectivity index (χ0v) is 16.7. The van der Waals surface area contributed by atoms with Crippen LogP contribution in [0.25, 0.3) is 11.1 Å². The van der Waals surface area contributed by atoms with Gasteiger partial charge in [-0.25, -0.2) is 4.39 Å². The summed E-state index contributed by atoms with van der Waals surface area (Å²) in [5.74, 6) is 0.834. The van der Waals surface area contributed by atoms with Gasteiger partial charge in [-0.2, -0.15) is 0 Å². The first kappa shape index (κ1) is 18.8. The summed E-state index contributed by atoms with van der Waals surface area (Å²) < 4.78 is 13.6. The summed E-state index contributed by atoms with van der Waals surface area (Å²) in [6.45, 7) is 4.26. The molecular weight excluding hydrogens is 367 g/mol. The zero-order chi connectivity index (χ0) is 20.2. The summed E-state index contributed by atoms with van der Waals surface area (Å²) in [5.41, 5.74) is 2.98. The van der Waals surface area contributed by atoms with E-state index in [1.165, 1.54) is 24.5 Å². The summed E-state index contributed by atoms with van der Waals surface area (Å²) in [5, 5.41) is 10.1. The van der Waals surface area contributed by atoms with Crippen molar-refractivity contribution in [2.24, 2.45) is 5.92 Å². The molecule has 2 saturated heterocycles. The molecule has 1 amide bonds. The first-order valence-corrected chi connectivity index (χ1v) is 10.5. The maximum absolute atomic E-state index is 13.6. The highest BCUT2D eigenvalue weighted by atomic mass is 19.1. The van der Waals surface area contributed by atoms with E-state index in [0.29, 0.717) is 0 Å². The lowest BCUT2D eigenvalue weighted by molar-refractivity contribution is -0.196. The number of rotatable bonds is 5. The van der Waals surface area contributed by atoms with Crippen LogP contribution in [0.5, 0.6) is 0 Å². The molecule has 1 spiro atoms. The quantitative estimate of drug-likeness (QED) is 0.847. The lowest BCUT2D eigenvalue weighted by Gasteiger charge is -2.71. The van der Waals surface area contributed by atoms with Gasteiger partial charge in [0.25, 0.3) is 0 Å². The van der Waals surface area contributed by atoms with Crippen LogP contribution in [0.2, 0.25) is 0 Å². The molecule has 0 aromatic heterocycles. The Bertz CT molecular complexity index is 919. The van der Waals surface area contributed by atoms with Crippen LogP contribution in [0.4, 0.5) is 4.39 Å². The van der Waals surface area contributed by atoms with Crippen molar-refractivity contribution in [3.8, 4) is 11.1 Å². The third-order valence-corrected chi connectivity index (χ3v) is 7.08. The van der Waals surface area contributed by atoms with Crippen LogP contribution in [0.3, 0.4) is 0 Å². The van der Waals surface area contributed by atoms with Gasteiger partial charge < -0.3 is 10.0 Å². The molecule has 152 valence electrons. The molecule has 2 aromatic rings. The van der Waals surface area contributed by atoms with Gasteiger partial charge in [0.05, 0.1) is 12.1 Å². The van der Waals surface area contributed by atoms with Crippen LogP contribution in [0.15, 0.2) is 48.5 Å². The van der Waals surface area contributed by atoms with Crippen LogP contribution in [-0.4, -0.2) is 58.6 Å². The number of hydrogen-bond acceptors (Lipinski definition) is 3. The Kier molecular flexibility index (Phi) is 4.48. The van der Waals surface area contributed by atoms with Gasteiger partial charge >= 0.3 is 0 Å². The van der Waals surface area contributed by atoms with Gasteiger partial charge in [-0.05, 0) is 47.6 Å². The number of hydrogen-bond donors (Lipinski definition) is 1. The molecule has 4 nitrogen and oxygen atoms in total. The van der Waals surface area contributed by atoms with E-state index in [-0.39, 0.29) is 35.8 Å². The van der Waals surface area contributed by atoms with Gasteiger partial charge in [-0.15, -0.1) is 0 Å². The van der Waals surface area contributed by atoms with E-state index in [1.807, 2.05) is 23.1 Å². The zero-order valence-electron chi connectivity index (χ0n) is 16.7. The van der Waals surface area contributed by atoms with Gasteiger partial charge in [0, 0.05) is 38.5 Å². The Morgan fingerprint density at radius 1 is 1.14 bits per heavy atom. The van der Waals surface area contributed by atoms with Crippen LogP contribution < -0.4 is 0 Å². The molecule has 2 heterocycles. The average molecular weight is 394 g/mol. The molecule has 0 unspecified atom stereocenters. The fourth-order valence-corrected chi connectivity index (χ4v) is 5.36. The molecular formula is C24H27FN2O2. The normalized spacial score (nSPS) is 25.6. The van der Waals surface area contributed by atoms with Crippen molar-refractivity contribution in [3.63, 3.8) is 0 Å². The average Bonchev–Trinajstić information content (AvgIpc) is 3.48. The number of likely N-dealkylation sites (tertiary alicyclic amines) is 2. The first-order valence-electron chi connectivity index (χ1n) is 10.5. The number of halogens is 1. The number of benzene rings is 2. The fraction of sp³-hybridized carbons (Fsp3) is 0.458. The van der Waals surface area contributed by atoms with Gasteiger partial charge in [-0.1, -0.05) is 36.4 Å². The molecule has 5 heteroatoms. The van der Waals surface area contributed by atoms with Crippen LogP contribution >= 0.6 is 0 Å². The molecule has 5 rings (SSSR count). The summed E-state index contributed by atoms with van der Waals surface area (Å²) in [6, 6.07) is 15.0. The summed E-state index contributed by atoms with van der Waals surface area (Å²) in [7, 11) is 0. The molecule has 1 aliphatic carbocycles. The Balaban J connectivity index is 1.42. The highest BCUT2D eigenvalue weighted by molar-refractivity contribution is 5.75. The van der Waals surface area contributed by atoms with Crippen LogP contribution in [0.1, 0.15) is 31.2 Å². The Morgan fingerprint density at radius 2 is 1.86 bits per heavy atom. The molecule has 0 bridgehead atoms. The smallest absolute Gasteiger partial charge is 0.219 e. The van der Waals surface area contributed by atoms with E-state index >= 15 is 0 Å². The second-order valence-corrected chi connectivity index (χ2v) is 8.93. The van der Waals surface area contributed by atoms with E-state index < -0.39 is 0 Å². The van der Waals surface area contributed by atoms with Crippen LogP contribution in [0, 0.1) is 11.7 Å². The second-order valence-electron chi connectivity index (χ2n) is 8.93. The molecule has 1 saturated carbocycles. The fourth-order valence-electron chi connectivity index (χ4n) is 5.36. The highest BCUT2D eigenvalue weighted by Gasteiger charge is 2.66. The van der Waals surface area contributed by atoms with Gasteiger partial charge in [0.15, 0.2) is 0 Å². The maximum atomic E-state index is 13.6. The largest absolute Gasteiger partial charge is 0.395 e. The topological polar surface area (TPSA) is 43.8 Å². The lowest BCUT2D eigenvalue weighted by Crippen LogP contribution is -2.85. The molecule has 2 atom stereocenters. The molecule has 1 N–H and O–H groups in total. The number of aliphatic hydroxyl groups is 1. The van der Waals surface area contributed by atoms with Crippen molar-refractivity contribution in [1.29, 1.82) is 0 Å². The number of amides is 1. The first-order chi connectivity index (χ1) is 14.0. The van der Waals surface area contributed by atoms with Crippen molar-refractivity contribution in [1.82, 2.24) is 9.80 Å².